The lowest BCUT2D eigenvalue weighted by molar-refractivity contribution is 0.0972. The maximum absolute atomic E-state index is 14.8. The molecule has 1 aliphatic carbocycles. The predicted octanol–water partition coefficient (Wildman–Crippen LogP) is 2.90. The standard InChI is InChI=1S/C24H30F2N4O5S/c1-3-20(19-8-6-17(14-27-19)34-15-16-4-5-16)35-21-9-7-18(22(25)23(21)26)24(31)28-36(32,33)30-12-10-29(2)11-13-30/h6-9,14,16,20H,3-5,10-13,15H2,1-2H3,(H,28,31)/t20-/m1/s1. The number of ether oxygens (including phenoxy) is 2. The summed E-state index contributed by atoms with van der Waals surface area (Å²) in [5, 5.41) is 0. The summed E-state index contributed by atoms with van der Waals surface area (Å²) in [6.07, 6.45) is 3.66. The van der Waals surface area contributed by atoms with Crippen molar-refractivity contribution in [2.75, 3.05) is 39.8 Å². The van der Waals surface area contributed by atoms with E-state index in [2.05, 4.69) is 4.98 Å². The molecule has 12 heteroatoms. The lowest BCUT2D eigenvalue weighted by Crippen LogP contribution is -2.52. The third kappa shape index (κ3) is 6.29. The Kier molecular flexibility index (Phi) is 8.06. The molecule has 1 saturated heterocycles. The molecular weight excluding hydrogens is 494 g/mol. The largest absolute Gasteiger partial charge is 0.492 e. The molecule has 1 aromatic carbocycles. The van der Waals surface area contributed by atoms with Crippen LogP contribution in [0.2, 0.25) is 0 Å². The van der Waals surface area contributed by atoms with Crippen LogP contribution in [0.5, 0.6) is 11.5 Å². The maximum atomic E-state index is 14.8. The van der Waals surface area contributed by atoms with Gasteiger partial charge in [-0.2, -0.15) is 17.1 Å². The van der Waals surface area contributed by atoms with Gasteiger partial charge in [-0.05, 0) is 56.5 Å². The Morgan fingerprint density at radius 1 is 1.14 bits per heavy atom. The second-order valence-corrected chi connectivity index (χ2v) is 10.7. The monoisotopic (exact) mass is 524 g/mol. The van der Waals surface area contributed by atoms with Gasteiger partial charge in [0.2, 0.25) is 5.82 Å². The lowest BCUT2D eigenvalue weighted by Gasteiger charge is -2.31. The zero-order chi connectivity index (χ0) is 25.9. The number of piperazine rings is 1. The van der Waals surface area contributed by atoms with Gasteiger partial charge in [0.15, 0.2) is 11.6 Å². The maximum Gasteiger partial charge on any atom is 0.304 e. The van der Waals surface area contributed by atoms with Crippen LogP contribution in [0.25, 0.3) is 0 Å². The minimum atomic E-state index is -4.19. The fraction of sp³-hybridized carbons (Fsp3) is 0.500. The predicted molar refractivity (Wildman–Crippen MR) is 128 cm³/mol. The van der Waals surface area contributed by atoms with Crippen LogP contribution in [0.3, 0.4) is 0 Å². The normalized spacial score (nSPS) is 18.0. The van der Waals surface area contributed by atoms with Gasteiger partial charge in [0, 0.05) is 26.2 Å². The van der Waals surface area contributed by atoms with Crippen molar-refractivity contribution < 1.29 is 31.5 Å². The number of aromatic nitrogens is 1. The number of nitrogens with one attached hydrogen (secondary N) is 1. The lowest BCUT2D eigenvalue weighted by atomic mass is 10.1. The number of benzene rings is 1. The second-order valence-electron chi connectivity index (χ2n) is 9.07. The number of halogens is 2. The molecule has 2 aromatic rings. The molecule has 1 atom stereocenters. The van der Waals surface area contributed by atoms with Gasteiger partial charge in [0.05, 0.1) is 24.1 Å². The van der Waals surface area contributed by atoms with Gasteiger partial charge in [-0.25, -0.2) is 9.11 Å². The molecule has 1 amide bonds. The number of nitrogens with zero attached hydrogens (tertiary/aromatic N) is 3. The Morgan fingerprint density at radius 2 is 1.86 bits per heavy atom. The molecule has 0 spiro atoms. The van der Waals surface area contributed by atoms with Crippen LogP contribution < -0.4 is 14.2 Å². The van der Waals surface area contributed by atoms with E-state index in [0.717, 1.165) is 16.4 Å². The number of hydrogen-bond donors (Lipinski definition) is 1. The number of likely N-dealkylation sites (N-methyl/N-ethyl adjacent to an activating group) is 1. The zero-order valence-corrected chi connectivity index (χ0v) is 21.1. The first-order valence-corrected chi connectivity index (χ1v) is 13.4. The number of rotatable bonds is 10. The Balaban J connectivity index is 1.42. The van der Waals surface area contributed by atoms with E-state index in [-0.39, 0.29) is 13.1 Å². The first-order chi connectivity index (χ1) is 17.2. The number of pyridine rings is 1. The zero-order valence-electron chi connectivity index (χ0n) is 20.2. The van der Waals surface area contributed by atoms with Crippen molar-refractivity contribution in [3.05, 3.63) is 53.4 Å². The van der Waals surface area contributed by atoms with Crippen molar-refractivity contribution in [3.8, 4) is 11.5 Å². The third-order valence-electron chi connectivity index (χ3n) is 6.23. The smallest absolute Gasteiger partial charge is 0.304 e. The van der Waals surface area contributed by atoms with E-state index in [1.165, 1.54) is 12.8 Å². The van der Waals surface area contributed by atoms with Crippen molar-refractivity contribution in [1.82, 2.24) is 18.9 Å². The number of carbonyl (C=O) groups is 1. The highest BCUT2D eigenvalue weighted by molar-refractivity contribution is 7.87. The van der Waals surface area contributed by atoms with Crippen LogP contribution in [0.1, 0.15) is 48.3 Å². The molecule has 0 radical (unpaired) electrons. The van der Waals surface area contributed by atoms with Crippen LogP contribution in [0, 0.1) is 17.6 Å². The summed E-state index contributed by atoms with van der Waals surface area (Å²) >= 11 is 0. The molecule has 196 valence electrons. The van der Waals surface area contributed by atoms with Gasteiger partial charge in [-0.3, -0.25) is 9.78 Å². The Morgan fingerprint density at radius 3 is 2.47 bits per heavy atom. The number of carbonyl (C=O) groups excluding carboxylic acids is 1. The molecule has 4 rings (SSSR count). The average Bonchev–Trinajstić information content (AvgIpc) is 3.69. The molecule has 1 aromatic heterocycles. The Bertz CT molecular complexity index is 1180. The molecule has 1 N–H and O–H groups in total. The van der Waals surface area contributed by atoms with Gasteiger partial charge in [0.1, 0.15) is 11.9 Å². The van der Waals surface area contributed by atoms with E-state index in [4.69, 9.17) is 9.47 Å². The first kappa shape index (κ1) is 26.2. The fourth-order valence-corrected chi connectivity index (χ4v) is 4.85. The Labute approximate surface area is 209 Å². The highest BCUT2D eigenvalue weighted by atomic mass is 32.2. The summed E-state index contributed by atoms with van der Waals surface area (Å²) in [7, 11) is -2.34. The van der Waals surface area contributed by atoms with E-state index < -0.39 is 45.2 Å². The van der Waals surface area contributed by atoms with Crippen LogP contribution in [0.4, 0.5) is 8.78 Å². The van der Waals surface area contributed by atoms with Crippen LogP contribution in [0.15, 0.2) is 30.5 Å². The molecule has 2 aliphatic rings. The van der Waals surface area contributed by atoms with Crippen LogP contribution in [-0.2, 0) is 10.2 Å². The van der Waals surface area contributed by atoms with Crippen LogP contribution in [-0.4, -0.2) is 68.3 Å². The SMILES string of the molecule is CC[C@@H](Oc1ccc(C(=O)NS(=O)(=O)N2CCN(C)CC2)c(F)c1F)c1ccc(OCC2CC2)cn1. The molecule has 0 bridgehead atoms. The summed E-state index contributed by atoms with van der Waals surface area (Å²) in [6.45, 7) is 3.81. The van der Waals surface area contributed by atoms with E-state index in [0.29, 0.717) is 43.5 Å². The van der Waals surface area contributed by atoms with Crippen molar-refractivity contribution in [3.63, 3.8) is 0 Å². The van der Waals surface area contributed by atoms with E-state index in [1.807, 2.05) is 23.6 Å². The molecule has 2 heterocycles. The topological polar surface area (TPSA) is 101 Å². The van der Waals surface area contributed by atoms with E-state index in [1.54, 1.807) is 18.3 Å². The molecule has 9 nitrogen and oxygen atoms in total. The third-order valence-corrected chi connectivity index (χ3v) is 7.72. The summed E-state index contributed by atoms with van der Waals surface area (Å²) in [4.78, 5) is 18.8. The quantitative estimate of drug-likeness (QED) is 0.510. The summed E-state index contributed by atoms with van der Waals surface area (Å²) in [5.74, 6) is -3.32. The highest BCUT2D eigenvalue weighted by Crippen LogP contribution is 2.31. The van der Waals surface area contributed by atoms with Gasteiger partial charge >= 0.3 is 10.2 Å². The first-order valence-electron chi connectivity index (χ1n) is 11.9. The molecule has 36 heavy (non-hydrogen) atoms. The minimum absolute atomic E-state index is 0.183. The fourth-order valence-electron chi connectivity index (χ4n) is 3.74. The molecule has 1 saturated carbocycles. The van der Waals surface area contributed by atoms with Gasteiger partial charge in [-0.15, -0.1) is 0 Å². The van der Waals surface area contributed by atoms with Crippen LogP contribution >= 0.6 is 0 Å². The van der Waals surface area contributed by atoms with Gasteiger partial charge < -0.3 is 14.4 Å². The minimum Gasteiger partial charge on any atom is -0.492 e. The van der Waals surface area contributed by atoms with Crippen molar-refractivity contribution in [2.24, 2.45) is 5.92 Å². The molecule has 2 fully saturated rings. The van der Waals surface area contributed by atoms with Gasteiger partial charge in [-0.1, -0.05) is 6.92 Å². The molecule has 0 unspecified atom stereocenters. The van der Waals surface area contributed by atoms with Crippen molar-refractivity contribution >= 4 is 16.1 Å². The Hall–Kier alpha value is -2.83. The summed E-state index contributed by atoms with van der Waals surface area (Å²) < 4.78 is 68.9. The number of hydrogen-bond acceptors (Lipinski definition) is 7. The highest BCUT2D eigenvalue weighted by Gasteiger charge is 2.30. The molecule has 1 aliphatic heterocycles. The second kappa shape index (κ2) is 11.1. The molecular formula is C24H30F2N4O5S. The van der Waals surface area contributed by atoms with E-state index in [9.17, 15) is 22.0 Å². The number of amides is 1. The van der Waals surface area contributed by atoms with Crippen molar-refractivity contribution in [1.29, 1.82) is 0 Å². The van der Waals surface area contributed by atoms with Crippen molar-refractivity contribution in [2.45, 2.75) is 32.3 Å². The summed E-state index contributed by atoms with van der Waals surface area (Å²) in [5.41, 5.74) is -0.225. The van der Waals surface area contributed by atoms with E-state index >= 15 is 0 Å². The average molecular weight is 525 g/mol. The van der Waals surface area contributed by atoms with Gasteiger partial charge in [0.25, 0.3) is 5.91 Å². The summed E-state index contributed by atoms with van der Waals surface area (Å²) in [6, 6.07) is 5.56.